The number of rotatable bonds is 0. The Labute approximate surface area is 52.7 Å². The smallest absolute Gasteiger partial charge is 0.307 e. The van der Waals surface area contributed by atoms with Crippen LogP contribution in [-0.2, 0) is 9.63 Å². The second-order valence-electron chi connectivity index (χ2n) is 2.31. The average molecular weight is 127 g/mol. The lowest BCUT2D eigenvalue weighted by Crippen LogP contribution is -2.23. The topological polar surface area (TPSA) is 43.6 Å². The highest BCUT2D eigenvalue weighted by Gasteiger charge is 2.30. The van der Waals surface area contributed by atoms with Gasteiger partial charge in [0.05, 0.1) is 6.04 Å². The van der Waals surface area contributed by atoms with Gasteiger partial charge in [0.1, 0.15) is 0 Å². The van der Waals surface area contributed by atoms with Crippen LogP contribution in [0.1, 0.15) is 12.8 Å². The van der Waals surface area contributed by atoms with Gasteiger partial charge in [0, 0.05) is 0 Å². The zero-order valence-corrected chi connectivity index (χ0v) is 4.91. The van der Waals surface area contributed by atoms with Gasteiger partial charge in [0.2, 0.25) is 0 Å². The monoisotopic (exact) mass is 127 g/mol. The van der Waals surface area contributed by atoms with E-state index < -0.39 is 0 Å². The molecule has 0 spiro atoms. The first kappa shape index (κ1) is 5.20. The van der Waals surface area contributed by atoms with Crippen molar-refractivity contribution in [1.82, 2.24) is 5.01 Å². The molecule has 0 radical (unpaired) electrons. The number of fused-ring (bicyclic) bond motifs is 1. The van der Waals surface area contributed by atoms with Gasteiger partial charge in [-0.15, -0.1) is 0 Å². The molecule has 0 N–H and O–H groups in total. The van der Waals surface area contributed by atoms with E-state index in [1.807, 2.05) is 0 Å². The fourth-order valence-corrected chi connectivity index (χ4v) is 1.24. The van der Waals surface area contributed by atoms with E-state index in [0.29, 0.717) is 0 Å². The van der Waals surface area contributed by atoms with Crippen LogP contribution in [0.15, 0.2) is 0 Å². The zero-order chi connectivity index (χ0) is 6.27. The number of carbonyl (C=O) groups is 1. The van der Waals surface area contributed by atoms with E-state index in [9.17, 15) is 4.79 Å². The maximum Gasteiger partial charge on any atom is 0.307 e. The molecule has 50 valence electrons. The Morgan fingerprint density at radius 1 is 1.78 bits per heavy atom. The summed E-state index contributed by atoms with van der Waals surface area (Å²) in [6.07, 6.45) is 1.96. The van der Waals surface area contributed by atoms with Gasteiger partial charge in [-0.3, -0.25) is 4.79 Å². The molecule has 1 atom stereocenters. The molecule has 0 aromatic rings. The molecule has 0 bridgehead atoms. The summed E-state index contributed by atoms with van der Waals surface area (Å²) < 4.78 is 0. The van der Waals surface area contributed by atoms with Crippen LogP contribution in [0.4, 0.5) is 0 Å². The summed E-state index contributed by atoms with van der Waals surface area (Å²) in [7, 11) is 0. The molecule has 0 aliphatic carbocycles. The molecule has 0 amide bonds. The lowest BCUT2D eigenvalue weighted by atomic mass is 10.2. The zero-order valence-electron chi connectivity index (χ0n) is 4.91. The Morgan fingerprint density at radius 2 is 2.67 bits per heavy atom. The maximum absolute atomic E-state index is 10.7. The van der Waals surface area contributed by atoms with Crippen molar-refractivity contribution in [3.63, 3.8) is 0 Å². The summed E-state index contributed by atoms with van der Waals surface area (Å²) in [6, 6.07) is -0.0509. The maximum atomic E-state index is 10.7. The molecule has 2 fully saturated rings. The van der Waals surface area contributed by atoms with E-state index in [1.54, 1.807) is 5.01 Å². The van der Waals surface area contributed by atoms with Crippen molar-refractivity contribution in [3.8, 4) is 0 Å². The summed E-state index contributed by atoms with van der Waals surface area (Å²) >= 11 is 0. The van der Waals surface area contributed by atoms with Gasteiger partial charge in [-0.25, -0.2) is 0 Å². The highest BCUT2D eigenvalue weighted by molar-refractivity contribution is 5.78. The molecule has 0 aromatic heterocycles. The van der Waals surface area contributed by atoms with Crippen LogP contribution >= 0.6 is 0 Å². The second kappa shape index (κ2) is 1.68. The minimum absolute atomic E-state index is 0.0509. The van der Waals surface area contributed by atoms with Gasteiger partial charge in [-0.1, -0.05) is 0 Å². The molecule has 2 rings (SSSR count). The molecule has 2 saturated heterocycles. The molecule has 2 heterocycles. The van der Waals surface area contributed by atoms with Gasteiger partial charge < -0.3 is 15.4 Å². The standard InChI is InChI=1S/C5H7N2O2/c8-5-4-2-1-3-7(4)6-9-5/h4H,1-3H2/q-1. The quantitative estimate of drug-likeness (QED) is 0.467. The lowest BCUT2D eigenvalue weighted by Gasteiger charge is -2.22. The van der Waals surface area contributed by atoms with Gasteiger partial charge in [0.15, 0.2) is 0 Å². The molecular weight excluding hydrogens is 120 g/mol. The fraction of sp³-hybridized carbons (Fsp3) is 0.800. The van der Waals surface area contributed by atoms with Crippen molar-refractivity contribution >= 4 is 5.97 Å². The van der Waals surface area contributed by atoms with Crippen LogP contribution in [0, 0.1) is 0 Å². The van der Waals surface area contributed by atoms with E-state index in [1.165, 1.54) is 0 Å². The van der Waals surface area contributed by atoms with Gasteiger partial charge in [-0.2, -0.15) is 0 Å². The van der Waals surface area contributed by atoms with E-state index in [4.69, 9.17) is 0 Å². The van der Waals surface area contributed by atoms with Crippen molar-refractivity contribution in [2.24, 2.45) is 0 Å². The number of nitrogens with zero attached hydrogens (tertiary/aromatic N) is 2. The van der Waals surface area contributed by atoms with Gasteiger partial charge in [0.25, 0.3) is 0 Å². The van der Waals surface area contributed by atoms with Crippen LogP contribution in [0.25, 0.3) is 5.59 Å². The number of carbonyl (C=O) groups excluding carboxylic acids is 1. The van der Waals surface area contributed by atoms with Crippen LogP contribution in [-0.4, -0.2) is 23.6 Å². The van der Waals surface area contributed by atoms with E-state index in [0.717, 1.165) is 19.4 Å². The van der Waals surface area contributed by atoms with Crippen LogP contribution in [0.2, 0.25) is 0 Å². The molecule has 4 nitrogen and oxygen atoms in total. The van der Waals surface area contributed by atoms with Gasteiger partial charge in [-0.05, 0) is 19.4 Å². The van der Waals surface area contributed by atoms with E-state index in [2.05, 4.69) is 10.4 Å². The summed E-state index contributed by atoms with van der Waals surface area (Å²) in [5.74, 6) is -0.187. The van der Waals surface area contributed by atoms with Crippen molar-refractivity contribution in [2.75, 3.05) is 6.54 Å². The van der Waals surface area contributed by atoms with Crippen LogP contribution in [0.3, 0.4) is 0 Å². The Balaban J connectivity index is 2.15. The molecule has 4 heteroatoms. The highest BCUT2D eigenvalue weighted by atomic mass is 16.7. The third-order valence-corrected chi connectivity index (χ3v) is 1.73. The minimum Gasteiger partial charge on any atom is -0.548 e. The van der Waals surface area contributed by atoms with E-state index >= 15 is 0 Å². The lowest BCUT2D eigenvalue weighted by molar-refractivity contribution is -0.136. The van der Waals surface area contributed by atoms with Crippen molar-refractivity contribution in [3.05, 3.63) is 5.59 Å². The SMILES string of the molecule is O=C1O[N-]N2CCCC12. The van der Waals surface area contributed by atoms with Crippen molar-refractivity contribution < 1.29 is 9.63 Å². The predicted octanol–water partition coefficient (Wildman–Crippen LogP) is 0.211. The molecule has 1 unspecified atom stereocenters. The Kier molecular flexibility index (Phi) is 0.972. The summed E-state index contributed by atoms with van der Waals surface area (Å²) in [5.41, 5.74) is 3.56. The number of hydrogen-bond donors (Lipinski definition) is 0. The Bertz CT molecular complexity index is 148. The third-order valence-electron chi connectivity index (χ3n) is 1.73. The molecule has 0 saturated carbocycles. The summed E-state index contributed by atoms with van der Waals surface area (Å²) in [5, 5.41) is 1.71. The molecular formula is C5H7N2O2-. The molecule has 2 aliphatic rings. The average Bonchev–Trinajstić information content (AvgIpc) is 2.35. The minimum atomic E-state index is -0.187. The third kappa shape index (κ3) is 0.635. The fourth-order valence-electron chi connectivity index (χ4n) is 1.24. The van der Waals surface area contributed by atoms with Crippen molar-refractivity contribution in [1.29, 1.82) is 0 Å². The number of hydrogen-bond acceptors (Lipinski definition) is 3. The van der Waals surface area contributed by atoms with Gasteiger partial charge >= 0.3 is 5.97 Å². The first-order valence-electron chi connectivity index (χ1n) is 3.06. The first-order valence-corrected chi connectivity index (χ1v) is 3.06. The largest absolute Gasteiger partial charge is 0.548 e. The first-order chi connectivity index (χ1) is 4.38. The van der Waals surface area contributed by atoms with E-state index in [-0.39, 0.29) is 12.0 Å². The summed E-state index contributed by atoms with van der Waals surface area (Å²) in [6.45, 7) is 0.871. The van der Waals surface area contributed by atoms with Crippen LogP contribution in [0.5, 0.6) is 0 Å². The molecule has 0 aromatic carbocycles. The Hall–Kier alpha value is -0.610. The summed E-state index contributed by atoms with van der Waals surface area (Å²) in [4.78, 5) is 15.1. The normalized spacial score (nSPS) is 34.7. The predicted molar refractivity (Wildman–Crippen MR) is 29.2 cm³/mol. The Morgan fingerprint density at radius 3 is 3.44 bits per heavy atom. The molecule has 9 heavy (non-hydrogen) atoms. The van der Waals surface area contributed by atoms with Crippen molar-refractivity contribution in [2.45, 2.75) is 18.9 Å². The second-order valence-corrected chi connectivity index (χ2v) is 2.31. The highest BCUT2D eigenvalue weighted by Crippen LogP contribution is 2.27. The molecule has 2 aliphatic heterocycles. The van der Waals surface area contributed by atoms with Crippen LogP contribution < -0.4 is 0 Å².